The summed E-state index contributed by atoms with van der Waals surface area (Å²) in [6, 6.07) is 3.92. The van der Waals surface area contributed by atoms with E-state index in [0.717, 1.165) is 13.0 Å². The summed E-state index contributed by atoms with van der Waals surface area (Å²) in [6.07, 6.45) is 5.93. The van der Waals surface area contributed by atoms with Gasteiger partial charge in [-0.2, -0.15) is 0 Å². The fourth-order valence-corrected chi connectivity index (χ4v) is 1.82. The number of aliphatic imine (C=N–C) groups is 1. The zero-order valence-electron chi connectivity index (χ0n) is 8.34. The van der Waals surface area contributed by atoms with E-state index in [1.165, 1.54) is 5.56 Å². The molecule has 1 aromatic heterocycles. The lowest BCUT2D eigenvalue weighted by atomic mass is 9.87. The Morgan fingerprint density at radius 2 is 2.13 bits per heavy atom. The van der Waals surface area contributed by atoms with Gasteiger partial charge in [-0.05, 0) is 24.1 Å². The van der Waals surface area contributed by atoms with Crippen molar-refractivity contribution in [3.05, 3.63) is 30.1 Å². The Hall–Kier alpha value is -1.71. The zero-order valence-corrected chi connectivity index (χ0v) is 8.34. The summed E-state index contributed by atoms with van der Waals surface area (Å²) in [5.41, 5.74) is 6.44. The second-order valence-electron chi connectivity index (χ2n) is 3.74. The molecule has 0 saturated carbocycles. The first kappa shape index (κ1) is 9.83. The molecule has 0 spiro atoms. The SMILES string of the molecule is NC(=O)C1C=NCC(c2ccncc2)C1. The number of pyridine rings is 1. The monoisotopic (exact) mass is 203 g/mol. The second kappa shape index (κ2) is 4.21. The van der Waals surface area contributed by atoms with Crippen molar-refractivity contribution >= 4 is 12.1 Å². The van der Waals surface area contributed by atoms with Crippen molar-refractivity contribution in [3.63, 3.8) is 0 Å². The van der Waals surface area contributed by atoms with Gasteiger partial charge in [0.15, 0.2) is 0 Å². The molecule has 0 fully saturated rings. The lowest BCUT2D eigenvalue weighted by Crippen LogP contribution is -2.29. The van der Waals surface area contributed by atoms with Crippen LogP contribution in [-0.4, -0.2) is 23.7 Å². The number of nitrogens with two attached hydrogens (primary N) is 1. The average molecular weight is 203 g/mol. The normalized spacial score (nSPS) is 25.1. The summed E-state index contributed by atoms with van der Waals surface area (Å²) in [7, 11) is 0. The van der Waals surface area contributed by atoms with Crippen molar-refractivity contribution in [1.29, 1.82) is 0 Å². The van der Waals surface area contributed by atoms with Crippen molar-refractivity contribution in [1.82, 2.24) is 4.98 Å². The van der Waals surface area contributed by atoms with E-state index in [-0.39, 0.29) is 17.7 Å². The molecule has 4 nitrogen and oxygen atoms in total. The number of hydrogen-bond donors (Lipinski definition) is 1. The fraction of sp³-hybridized carbons (Fsp3) is 0.364. The number of carbonyl (C=O) groups excluding carboxylic acids is 1. The van der Waals surface area contributed by atoms with Crippen molar-refractivity contribution in [2.24, 2.45) is 16.6 Å². The number of aromatic nitrogens is 1. The number of nitrogens with zero attached hydrogens (tertiary/aromatic N) is 2. The van der Waals surface area contributed by atoms with Gasteiger partial charge >= 0.3 is 0 Å². The molecule has 0 aromatic carbocycles. The molecule has 78 valence electrons. The van der Waals surface area contributed by atoms with Gasteiger partial charge < -0.3 is 5.73 Å². The van der Waals surface area contributed by atoms with Gasteiger partial charge in [0, 0.05) is 31.1 Å². The van der Waals surface area contributed by atoms with E-state index in [2.05, 4.69) is 9.98 Å². The summed E-state index contributed by atoms with van der Waals surface area (Å²) >= 11 is 0. The topological polar surface area (TPSA) is 68.3 Å². The van der Waals surface area contributed by atoms with E-state index in [1.807, 2.05) is 12.1 Å². The molecule has 0 radical (unpaired) electrons. The van der Waals surface area contributed by atoms with Crippen molar-refractivity contribution in [2.45, 2.75) is 12.3 Å². The number of hydrogen-bond acceptors (Lipinski definition) is 3. The number of carbonyl (C=O) groups is 1. The molecule has 0 saturated heterocycles. The molecule has 1 aliphatic heterocycles. The lowest BCUT2D eigenvalue weighted by molar-refractivity contribution is -0.120. The van der Waals surface area contributed by atoms with Crippen molar-refractivity contribution in [2.75, 3.05) is 6.54 Å². The number of primary amides is 1. The largest absolute Gasteiger partial charge is 0.369 e. The smallest absolute Gasteiger partial charge is 0.225 e. The molecule has 2 rings (SSSR count). The zero-order chi connectivity index (χ0) is 10.7. The molecule has 1 aromatic rings. The van der Waals surface area contributed by atoms with Gasteiger partial charge in [-0.1, -0.05) is 0 Å². The van der Waals surface area contributed by atoms with Crippen LogP contribution in [0.25, 0.3) is 0 Å². The van der Waals surface area contributed by atoms with Gasteiger partial charge in [-0.25, -0.2) is 0 Å². The van der Waals surface area contributed by atoms with Crippen LogP contribution in [0.2, 0.25) is 0 Å². The summed E-state index contributed by atoms with van der Waals surface area (Å²) in [4.78, 5) is 19.2. The summed E-state index contributed by atoms with van der Waals surface area (Å²) < 4.78 is 0. The highest BCUT2D eigenvalue weighted by molar-refractivity contribution is 5.92. The fourth-order valence-electron chi connectivity index (χ4n) is 1.82. The van der Waals surface area contributed by atoms with E-state index in [0.29, 0.717) is 0 Å². The Bertz CT molecular complexity index is 375. The molecule has 2 atom stereocenters. The highest BCUT2D eigenvalue weighted by atomic mass is 16.1. The van der Waals surface area contributed by atoms with E-state index in [4.69, 9.17) is 5.73 Å². The predicted octanol–water partition coefficient (Wildman–Crippen LogP) is 0.741. The Morgan fingerprint density at radius 3 is 2.80 bits per heavy atom. The first-order valence-electron chi connectivity index (χ1n) is 4.96. The van der Waals surface area contributed by atoms with Crippen LogP contribution in [0.5, 0.6) is 0 Å². The van der Waals surface area contributed by atoms with E-state index in [1.54, 1.807) is 18.6 Å². The third kappa shape index (κ3) is 2.21. The van der Waals surface area contributed by atoms with Crippen LogP contribution < -0.4 is 5.73 Å². The lowest BCUT2D eigenvalue weighted by Gasteiger charge is -2.22. The third-order valence-electron chi connectivity index (χ3n) is 2.69. The molecule has 0 aliphatic carbocycles. The second-order valence-corrected chi connectivity index (χ2v) is 3.74. The highest BCUT2D eigenvalue weighted by Gasteiger charge is 2.23. The van der Waals surface area contributed by atoms with Crippen molar-refractivity contribution < 1.29 is 4.79 Å². The average Bonchev–Trinajstić information content (AvgIpc) is 2.30. The summed E-state index contributed by atoms with van der Waals surface area (Å²) in [5, 5.41) is 0. The minimum atomic E-state index is -0.294. The maximum atomic E-state index is 11.0. The van der Waals surface area contributed by atoms with Gasteiger partial charge in [-0.15, -0.1) is 0 Å². The van der Waals surface area contributed by atoms with Crippen LogP contribution in [-0.2, 0) is 4.79 Å². The molecular formula is C11H13N3O. The van der Waals surface area contributed by atoms with Gasteiger partial charge in [0.1, 0.15) is 0 Å². The van der Waals surface area contributed by atoms with Gasteiger partial charge in [0.05, 0.1) is 5.92 Å². The maximum absolute atomic E-state index is 11.0. The van der Waals surface area contributed by atoms with Crippen LogP contribution >= 0.6 is 0 Å². The molecule has 2 N–H and O–H groups in total. The van der Waals surface area contributed by atoms with Gasteiger partial charge in [-0.3, -0.25) is 14.8 Å². The highest BCUT2D eigenvalue weighted by Crippen LogP contribution is 2.26. The van der Waals surface area contributed by atoms with Crippen LogP contribution in [0.1, 0.15) is 17.9 Å². The molecular weight excluding hydrogens is 190 g/mol. The summed E-state index contributed by atoms with van der Waals surface area (Å²) in [6.45, 7) is 0.730. The van der Waals surface area contributed by atoms with E-state index in [9.17, 15) is 4.79 Å². The van der Waals surface area contributed by atoms with Gasteiger partial charge in [0.25, 0.3) is 0 Å². The van der Waals surface area contributed by atoms with E-state index >= 15 is 0 Å². The quantitative estimate of drug-likeness (QED) is 0.770. The van der Waals surface area contributed by atoms with Crippen LogP contribution in [0.4, 0.5) is 0 Å². The molecule has 4 heteroatoms. The Kier molecular flexibility index (Phi) is 2.76. The number of amides is 1. The minimum absolute atomic E-state index is 0.225. The third-order valence-corrected chi connectivity index (χ3v) is 2.69. The Balaban J connectivity index is 2.14. The van der Waals surface area contributed by atoms with E-state index < -0.39 is 0 Å². The summed E-state index contributed by atoms with van der Waals surface area (Å²) in [5.74, 6) is -0.232. The molecule has 1 aliphatic rings. The Morgan fingerprint density at radius 1 is 1.40 bits per heavy atom. The van der Waals surface area contributed by atoms with Crippen molar-refractivity contribution in [3.8, 4) is 0 Å². The van der Waals surface area contributed by atoms with Crippen LogP contribution in [0.15, 0.2) is 29.5 Å². The van der Waals surface area contributed by atoms with Crippen LogP contribution in [0, 0.1) is 5.92 Å². The number of rotatable bonds is 2. The maximum Gasteiger partial charge on any atom is 0.225 e. The molecule has 1 amide bonds. The minimum Gasteiger partial charge on any atom is -0.369 e. The molecule has 15 heavy (non-hydrogen) atoms. The van der Waals surface area contributed by atoms with Crippen LogP contribution in [0.3, 0.4) is 0 Å². The Labute approximate surface area is 88.2 Å². The first-order chi connectivity index (χ1) is 7.27. The first-order valence-corrected chi connectivity index (χ1v) is 4.96. The van der Waals surface area contributed by atoms with Gasteiger partial charge in [0.2, 0.25) is 5.91 Å². The molecule has 2 unspecified atom stereocenters. The molecule has 2 heterocycles. The predicted molar refractivity (Wildman–Crippen MR) is 57.6 cm³/mol. The molecule has 0 bridgehead atoms. The standard InChI is InChI=1S/C11H13N3O/c12-11(15)10-5-9(6-14-7-10)8-1-3-13-4-2-8/h1-4,7,9-10H,5-6H2,(H2,12,15).